The summed E-state index contributed by atoms with van der Waals surface area (Å²) in [6, 6.07) is 3.67. The second kappa shape index (κ2) is 11.0. The van der Waals surface area contributed by atoms with Crippen molar-refractivity contribution in [1.29, 1.82) is 0 Å². The highest BCUT2D eigenvalue weighted by Crippen LogP contribution is 2.20. The van der Waals surface area contributed by atoms with Crippen LogP contribution in [0.4, 0.5) is 11.5 Å². The number of nitrogens with one attached hydrogen (secondary N) is 1. The van der Waals surface area contributed by atoms with E-state index in [4.69, 9.17) is 5.73 Å². The van der Waals surface area contributed by atoms with Crippen LogP contribution in [-0.4, -0.2) is 70.4 Å². The number of rotatable bonds is 8. The summed E-state index contributed by atoms with van der Waals surface area (Å²) in [7, 11) is 0. The Morgan fingerprint density at radius 2 is 1.79 bits per heavy atom. The van der Waals surface area contributed by atoms with Crippen molar-refractivity contribution >= 4 is 34.7 Å². The van der Waals surface area contributed by atoms with Crippen LogP contribution in [0.15, 0.2) is 27.1 Å². The maximum atomic E-state index is 13.4. The molecule has 0 radical (unpaired) electrons. The number of hydrogen-bond donors (Lipinski definition) is 2. The van der Waals surface area contributed by atoms with Crippen LogP contribution >= 0.6 is 11.3 Å². The lowest BCUT2D eigenvalue weighted by Gasteiger charge is -2.35. The molecule has 2 aromatic rings. The fourth-order valence-corrected chi connectivity index (χ4v) is 4.70. The van der Waals surface area contributed by atoms with Gasteiger partial charge in [-0.1, -0.05) is 33.8 Å². The standard InChI is InChI=1S/C23H34N6O4S/c1-15(2)12-28(19-20(24)29(13-16(3)4)23(33)25-21(19)31)18(30)14-26-7-9-27(10-8-26)22(32)17-6-5-11-34-17/h5-6,11,15-16H,7-10,12-14,24H2,1-4H3,(H,25,31,33). The van der Waals surface area contributed by atoms with Crippen LogP contribution in [-0.2, 0) is 11.3 Å². The molecule has 186 valence electrons. The van der Waals surface area contributed by atoms with Gasteiger partial charge < -0.3 is 15.5 Å². The lowest BCUT2D eigenvalue weighted by Crippen LogP contribution is -2.52. The molecule has 34 heavy (non-hydrogen) atoms. The van der Waals surface area contributed by atoms with Crippen LogP contribution in [0.25, 0.3) is 0 Å². The summed E-state index contributed by atoms with van der Waals surface area (Å²) in [6.45, 7) is 10.7. The Kier molecular flexibility index (Phi) is 8.32. The van der Waals surface area contributed by atoms with Gasteiger partial charge in [-0.25, -0.2) is 4.79 Å². The first-order valence-electron chi connectivity index (χ1n) is 11.6. The number of aromatic nitrogens is 2. The average Bonchev–Trinajstić information content (AvgIpc) is 3.30. The molecule has 0 atom stereocenters. The number of aromatic amines is 1. The van der Waals surface area contributed by atoms with Crippen molar-refractivity contribution in [3.63, 3.8) is 0 Å². The van der Waals surface area contributed by atoms with Gasteiger partial charge in [-0.2, -0.15) is 0 Å². The summed E-state index contributed by atoms with van der Waals surface area (Å²) in [6.07, 6.45) is 0. The van der Waals surface area contributed by atoms with Crippen molar-refractivity contribution in [3.05, 3.63) is 43.2 Å². The lowest BCUT2D eigenvalue weighted by atomic mass is 10.2. The van der Waals surface area contributed by atoms with Crippen molar-refractivity contribution in [1.82, 2.24) is 19.4 Å². The number of anilines is 2. The summed E-state index contributed by atoms with van der Waals surface area (Å²) in [4.78, 5) is 59.2. The van der Waals surface area contributed by atoms with Gasteiger partial charge in [0.05, 0.1) is 11.4 Å². The Labute approximate surface area is 203 Å². The predicted octanol–water partition coefficient (Wildman–Crippen LogP) is 1.28. The molecule has 0 aromatic carbocycles. The minimum Gasteiger partial charge on any atom is -0.383 e. The highest BCUT2D eigenvalue weighted by Gasteiger charge is 2.29. The van der Waals surface area contributed by atoms with Gasteiger partial charge in [0.2, 0.25) is 5.91 Å². The van der Waals surface area contributed by atoms with Crippen LogP contribution in [0.1, 0.15) is 37.4 Å². The van der Waals surface area contributed by atoms with Gasteiger partial charge in [-0.3, -0.25) is 28.8 Å². The molecule has 1 aliphatic rings. The van der Waals surface area contributed by atoms with E-state index in [1.54, 1.807) is 4.90 Å². The monoisotopic (exact) mass is 490 g/mol. The zero-order valence-corrected chi connectivity index (χ0v) is 21.1. The molecule has 3 heterocycles. The predicted molar refractivity (Wildman–Crippen MR) is 134 cm³/mol. The smallest absolute Gasteiger partial charge is 0.330 e. The number of thiophene rings is 1. The number of nitrogens with two attached hydrogens (primary N) is 1. The molecule has 11 heteroatoms. The van der Waals surface area contributed by atoms with Gasteiger partial charge in [-0.05, 0) is 23.3 Å². The van der Waals surface area contributed by atoms with E-state index in [1.807, 2.05) is 50.1 Å². The topological polar surface area (TPSA) is 125 Å². The third-order valence-corrected chi connectivity index (χ3v) is 6.49. The fourth-order valence-electron chi connectivity index (χ4n) is 4.01. The van der Waals surface area contributed by atoms with Gasteiger partial charge in [0, 0.05) is 39.3 Å². The fraction of sp³-hybridized carbons (Fsp3) is 0.565. The minimum atomic E-state index is -0.664. The Morgan fingerprint density at radius 1 is 1.12 bits per heavy atom. The number of nitrogen functional groups attached to an aromatic ring is 1. The molecule has 2 amide bonds. The van der Waals surface area contributed by atoms with E-state index in [0.717, 1.165) is 0 Å². The van der Waals surface area contributed by atoms with Crippen molar-refractivity contribution in [2.75, 3.05) is 49.9 Å². The molecule has 0 spiro atoms. The van der Waals surface area contributed by atoms with Crippen LogP contribution < -0.4 is 21.9 Å². The molecule has 1 fully saturated rings. The first-order chi connectivity index (χ1) is 16.1. The summed E-state index contributed by atoms with van der Waals surface area (Å²) in [5.41, 5.74) is 5.05. The third-order valence-electron chi connectivity index (χ3n) is 5.63. The van der Waals surface area contributed by atoms with E-state index in [-0.39, 0.29) is 41.7 Å². The number of carbonyl (C=O) groups is 2. The van der Waals surface area contributed by atoms with Gasteiger partial charge in [0.15, 0.2) is 5.69 Å². The first kappa shape index (κ1) is 25.7. The van der Waals surface area contributed by atoms with Gasteiger partial charge in [0.25, 0.3) is 11.5 Å². The van der Waals surface area contributed by atoms with Crippen LogP contribution in [0.2, 0.25) is 0 Å². The highest BCUT2D eigenvalue weighted by molar-refractivity contribution is 7.12. The Bertz CT molecular complexity index is 1110. The molecule has 0 saturated carbocycles. The Balaban J connectivity index is 1.77. The molecule has 1 aliphatic heterocycles. The van der Waals surface area contributed by atoms with Crippen LogP contribution in [0.3, 0.4) is 0 Å². The van der Waals surface area contributed by atoms with E-state index in [9.17, 15) is 19.2 Å². The molecule has 2 aromatic heterocycles. The van der Waals surface area contributed by atoms with E-state index in [0.29, 0.717) is 44.1 Å². The molecule has 3 rings (SSSR count). The van der Waals surface area contributed by atoms with Crippen molar-refractivity contribution < 1.29 is 9.59 Å². The number of H-pyrrole nitrogens is 1. The van der Waals surface area contributed by atoms with Crippen molar-refractivity contribution in [2.45, 2.75) is 34.2 Å². The molecular formula is C23H34N6O4S. The van der Waals surface area contributed by atoms with Gasteiger partial charge in [-0.15, -0.1) is 11.3 Å². The molecule has 1 saturated heterocycles. The molecule has 10 nitrogen and oxygen atoms in total. The molecule has 0 aliphatic carbocycles. The van der Waals surface area contributed by atoms with Crippen molar-refractivity contribution in [3.8, 4) is 0 Å². The first-order valence-corrected chi connectivity index (χ1v) is 12.4. The maximum Gasteiger partial charge on any atom is 0.330 e. The van der Waals surface area contributed by atoms with Gasteiger partial charge in [0.1, 0.15) is 5.82 Å². The van der Waals surface area contributed by atoms with E-state index in [2.05, 4.69) is 4.98 Å². The minimum absolute atomic E-state index is 0.00261. The van der Waals surface area contributed by atoms with Crippen LogP contribution in [0.5, 0.6) is 0 Å². The molecular weight excluding hydrogens is 456 g/mol. The highest BCUT2D eigenvalue weighted by atomic mass is 32.1. The van der Waals surface area contributed by atoms with E-state index < -0.39 is 11.2 Å². The largest absolute Gasteiger partial charge is 0.383 e. The average molecular weight is 491 g/mol. The number of hydrogen-bond acceptors (Lipinski definition) is 7. The number of amides is 2. The summed E-state index contributed by atoms with van der Waals surface area (Å²) in [5, 5.41) is 1.88. The second-order valence-electron chi connectivity index (χ2n) is 9.44. The van der Waals surface area contributed by atoms with E-state index >= 15 is 0 Å². The van der Waals surface area contributed by atoms with Crippen LogP contribution in [0, 0.1) is 11.8 Å². The zero-order chi connectivity index (χ0) is 25.0. The Hall–Kier alpha value is -2.92. The number of piperazine rings is 1. The SMILES string of the molecule is CC(C)CN(C(=O)CN1CCN(C(=O)c2cccs2)CC1)c1c(N)n(CC(C)C)c(=O)[nH]c1=O. The summed E-state index contributed by atoms with van der Waals surface area (Å²) < 4.78 is 1.32. The third kappa shape index (κ3) is 5.95. The second-order valence-corrected chi connectivity index (χ2v) is 10.4. The number of nitrogens with zero attached hydrogens (tertiary/aromatic N) is 4. The maximum absolute atomic E-state index is 13.4. The molecule has 0 unspecified atom stereocenters. The normalized spacial score (nSPS) is 14.7. The Morgan fingerprint density at radius 3 is 2.35 bits per heavy atom. The lowest BCUT2D eigenvalue weighted by molar-refractivity contribution is -0.120. The molecule has 3 N–H and O–H groups in total. The van der Waals surface area contributed by atoms with Crippen molar-refractivity contribution in [2.24, 2.45) is 11.8 Å². The quantitative estimate of drug-likeness (QED) is 0.574. The summed E-state index contributed by atoms with van der Waals surface area (Å²) in [5.74, 6) is -0.0506. The van der Waals surface area contributed by atoms with Gasteiger partial charge >= 0.3 is 5.69 Å². The van der Waals surface area contributed by atoms with E-state index in [1.165, 1.54) is 20.8 Å². The molecule has 0 bridgehead atoms. The summed E-state index contributed by atoms with van der Waals surface area (Å²) >= 11 is 1.42. The zero-order valence-electron chi connectivity index (χ0n) is 20.2. The number of carbonyl (C=O) groups excluding carboxylic acids is 2.